The van der Waals surface area contributed by atoms with Crippen LogP contribution in [0.1, 0.15) is 31.8 Å². The second kappa shape index (κ2) is 6.69. The molecule has 142 valence electrons. The van der Waals surface area contributed by atoms with Crippen LogP contribution in [0.4, 0.5) is 17.2 Å². The zero-order chi connectivity index (χ0) is 20.0. The maximum Gasteiger partial charge on any atom is 0.260 e. The highest BCUT2D eigenvalue weighted by Gasteiger charge is 2.28. The zero-order valence-corrected chi connectivity index (χ0v) is 16.1. The molecule has 8 heteroatoms. The molecule has 7 nitrogen and oxygen atoms in total. The van der Waals surface area contributed by atoms with Gasteiger partial charge in [0.2, 0.25) is 5.91 Å². The number of carbonyl (C=O) groups excluding carboxylic acids is 2. The fourth-order valence-corrected chi connectivity index (χ4v) is 3.56. The molecular formula is C20H18ClN5O2. The third kappa shape index (κ3) is 2.99. The van der Waals surface area contributed by atoms with Gasteiger partial charge in [0.15, 0.2) is 0 Å². The number of nitrogens with one attached hydrogen (secondary N) is 1. The lowest BCUT2D eigenvalue weighted by Crippen LogP contribution is -2.30. The molecule has 0 bridgehead atoms. The number of carbonyl (C=O) groups is 2. The first-order chi connectivity index (χ1) is 13.3. The van der Waals surface area contributed by atoms with Gasteiger partial charge in [-0.25, -0.2) is 0 Å². The van der Waals surface area contributed by atoms with Crippen molar-refractivity contribution in [3.8, 4) is 0 Å². The highest BCUT2D eigenvalue weighted by Crippen LogP contribution is 2.37. The van der Waals surface area contributed by atoms with Crippen molar-refractivity contribution >= 4 is 40.6 Å². The number of amides is 2. The van der Waals surface area contributed by atoms with Crippen LogP contribution in [0.15, 0.2) is 42.6 Å². The lowest BCUT2D eigenvalue weighted by Gasteiger charge is -2.23. The minimum absolute atomic E-state index is 0.179. The highest BCUT2D eigenvalue weighted by molar-refractivity contribution is 6.35. The molecule has 1 aliphatic rings. The van der Waals surface area contributed by atoms with E-state index in [2.05, 4.69) is 10.4 Å². The van der Waals surface area contributed by atoms with Crippen LogP contribution < -0.4 is 16.0 Å². The third-order valence-corrected chi connectivity index (χ3v) is 5.08. The molecule has 0 saturated carbocycles. The molecule has 0 atom stereocenters. The first-order valence-corrected chi connectivity index (χ1v) is 9.02. The average molecular weight is 396 g/mol. The van der Waals surface area contributed by atoms with Gasteiger partial charge in [-0.15, -0.1) is 0 Å². The summed E-state index contributed by atoms with van der Waals surface area (Å²) in [5, 5.41) is 7.85. The molecular weight excluding hydrogens is 378 g/mol. The number of rotatable bonds is 2. The zero-order valence-electron chi connectivity index (χ0n) is 15.4. The summed E-state index contributed by atoms with van der Waals surface area (Å²) in [6.45, 7) is 2.32. The Morgan fingerprint density at radius 1 is 1.21 bits per heavy atom. The van der Waals surface area contributed by atoms with E-state index in [-0.39, 0.29) is 16.5 Å². The quantitative estimate of drug-likeness (QED) is 0.695. The number of halogens is 1. The van der Waals surface area contributed by atoms with Gasteiger partial charge in [-0.2, -0.15) is 5.10 Å². The van der Waals surface area contributed by atoms with Crippen LogP contribution in [0, 0.1) is 6.92 Å². The van der Waals surface area contributed by atoms with E-state index in [9.17, 15) is 9.59 Å². The molecule has 4 rings (SSSR count). The number of anilines is 3. The predicted octanol–water partition coefficient (Wildman–Crippen LogP) is 3.38. The van der Waals surface area contributed by atoms with E-state index in [1.165, 1.54) is 18.2 Å². The SMILES string of the molecule is Cc1ccc2c(c1)Nc1c(cnn1C)CN2C(=O)c1ccc(C(N)=O)cc1Cl. The summed E-state index contributed by atoms with van der Waals surface area (Å²) in [7, 11) is 1.85. The smallest absolute Gasteiger partial charge is 0.260 e. The topological polar surface area (TPSA) is 93.2 Å². The molecule has 0 unspecified atom stereocenters. The second-order valence-corrected chi connectivity index (χ2v) is 7.14. The van der Waals surface area contributed by atoms with Crippen LogP contribution in [-0.4, -0.2) is 21.6 Å². The number of nitrogens with zero attached hydrogens (tertiary/aromatic N) is 3. The monoisotopic (exact) mass is 395 g/mol. The third-order valence-electron chi connectivity index (χ3n) is 4.77. The summed E-state index contributed by atoms with van der Waals surface area (Å²) >= 11 is 6.30. The largest absolute Gasteiger partial charge is 0.366 e. The van der Waals surface area contributed by atoms with Gasteiger partial charge >= 0.3 is 0 Å². The van der Waals surface area contributed by atoms with Gasteiger partial charge in [0, 0.05) is 18.2 Å². The molecule has 2 amide bonds. The number of aryl methyl sites for hydroxylation is 2. The molecule has 1 aromatic heterocycles. The number of hydrogen-bond donors (Lipinski definition) is 2. The van der Waals surface area contributed by atoms with Gasteiger partial charge in [-0.3, -0.25) is 14.3 Å². The number of primary amides is 1. The summed E-state index contributed by atoms with van der Waals surface area (Å²) in [5.41, 5.74) is 9.34. The molecule has 0 spiro atoms. The predicted molar refractivity (Wildman–Crippen MR) is 108 cm³/mol. The highest BCUT2D eigenvalue weighted by atomic mass is 35.5. The fourth-order valence-electron chi connectivity index (χ4n) is 3.30. The molecule has 3 aromatic rings. The maximum atomic E-state index is 13.4. The summed E-state index contributed by atoms with van der Waals surface area (Å²) in [4.78, 5) is 26.4. The van der Waals surface area contributed by atoms with E-state index in [1.54, 1.807) is 15.8 Å². The van der Waals surface area contributed by atoms with Crippen molar-refractivity contribution in [2.24, 2.45) is 12.8 Å². The lowest BCUT2D eigenvalue weighted by atomic mass is 10.1. The molecule has 0 saturated heterocycles. The van der Waals surface area contributed by atoms with Crippen molar-refractivity contribution in [3.05, 3.63) is 69.9 Å². The van der Waals surface area contributed by atoms with Crippen LogP contribution in [0.3, 0.4) is 0 Å². The van der Waals surface area contributed by atoms with Crippen LogP contribution >= 0.6 is 11.6 Å². The Labute approximate surface area is 166 Å². The Morgan fingerprint density at radius 3 is 2.71 bits per heavy atom. The molecule has 1 aliphatic heterocycles. The number of fused-ring (bicyclic) bond motifs is 2. The number of benzene rings is 2. The van der Waals surface area contributed by atoms with Crippen molar-refractivity contribution in [3.63, 3.8) is 0 Å². The van der Waals surface area contributed by atoms with Crippen molar-refractivity contribution in [1.82, 2.24) is 9.78 Å². The van der Waals surface area contributed by atoms with E-state index in [1.807, 2.05) is 32.2 Å². The summed E-state index contributed by atoms with van der Waals surface area (Å²) in [5.74, 6) is -0.0392. The van der Waals surface area contributed by atoms with Crippen molar-refractivity contribution in [1.29, 1.82) is 0 Å². The van der Waals surface area contributed by atoms with Gasteiger partial charge in [0.05, 0.1) is 34.7 Å². The molecule has 2 heterocycles. The van der Waals surface area contributed by atoms with Crippen LogP contribution in [-0.2, 0) is 13.6 Å². The van der Waals surface area contributed by atoms with Crippen molar-refractivity contribution in [2.45, 2.75) is 13.5 Å². The van der Waals surface area contributed by atoms with E-state index in [0.717, 1.165) is 28.3 Å². The standard InChI is InChI=1S/C20H18ClN5O2/c1-11-3-6-17-16(7-11)24-19-13(9-23-25(19)2)10-26(17)20(28)14-5-4-12(18(22)27)8-15(14)21/h3-9,24H,10H2,1-2H3,(H2,22,27). The minimum Gasteiger partial charge on any atom is -0.366 e. The van der Waals surface area contributed by atoms with Gasteiger partial charge in [-0.05, 0) is 42.8 Å². The van der Waals surface area contributed by atoms with Crippen LogP contribution in [0.2, 0.25) is 5.02 Å². The first-order valence-electron chi connectivity index (χ1n) is 8.65. The van der Waals surface area contributed by atoms with E-state index >= 15 is 0 Å². The van der Waals surface area contributed by atoms with Crippen LogP contribution in [0.5, 0.6) is 0 Å². The Kier molecular flexibility index (Phi) is 4.31. The molecule has 28 heavy (non-hydrogen) atoms. The lowest BCUT2D eigenvalue weighted by molar-refractivity contribution is 0.0979. The van der Waals surface area contributed by atoms with Crippen molar-refractivity contribution in [2.75, 3.05) is 10.2 Å². The van der Waals surface area contributed by atoms with Gasteiger partial charge < -0.3 is 16.0 Å². The number of hydrogen-bond acceptors (Lipinski definition) is 4. The van der Waals surface area contributed by atoms with Crippen LogP contribution in [0.25, 0.3) is 0 Å². The van der Waals surface area contributed by atoms with E-state index in [0.29, 0.717) is 12.1 Å². The van der Waals surface area contributed by atoms with Crippen molar-refractivity contribution < 1.29 is 9.59 Å². The molecule has 0 aliphatic carbocycles. The molecule has 0 fully saturated rings. The molecule has 0 radical (unpaired) electrons. The average Bonchev–Trinajstić information content (AvgIpc) is 2.90. The summed E-state index contributed by atoms with van der Waals surface area (Å²) in [6, 6.07) is 10.3. The minimum atomic E-state index is -0.597. The van der Waals surface area contributed by atoms with Gasteiger partial charge in [0.25, 0.3) is 5.91 Å². The van der Waals surface area contributed by atoms with Gasteiger partial charge in [-0.1, -0.05) is 17.7 Å². The summed E-state index contributed by atoms with van der Waals surface area (Å²) in [6.07, 6.45) is 1.74. The maximum absolute atomic E-state index is 13.4. The van der Waals surface area contributed by atoms with Gasteiger partial charge in [0.1, 0.15) is 5.82 Å². The summed E-state index contributed by atoms with van der Waals surface area (Å²) < 4.78 is 1.74. The first kappa shape index (κ1) is 18.1. The normalized spacial score (nSPS) is 12.6. The number of aromatic nitrogens is 2. The Bertz CT molecular complexity index is 1120. The number of nitrogens with two attached hydrogens (primary N) is 1. The van der Waals surface area contributed by atoms with E-state index in [4.69, 9.17) is 17.3 Å². The fraction of sp³-hybridized carbons (Fsp3) is 0.150. The Balaban J connectivity index is 1.82. The molecule has 2 aromatic carbocycles. The Hall–Kier alpha value is -3.32. The molecule has 3 N–H and O–H groups in total. The Morgan fingerprint density at radius 2 is 2.00 bits per heavy atom. The van der Waals surface area contributed by atoms with E-state index < -0.39 is 5.91 Å². The second-order valence-electron chi connectivity index (χ2n) is 6.74.